The van der Waals surface area contributed by atoms with Crippen molar-refractivity contribution < 1.29 is 9.53 Å². The predicted molar refractivity (Wildman–Crippen MR) is 42.2 cm³/mol. The average molecular weight is 155 g/mol. The molecule has 1 fully saturated rings. The number of carbonyl (C=O) groups is 1. The fourth-order valence-corrected chi connectivity index (χ4v) is 1.10. The van der Waals surface area contributed by atoms with Crippen molar-refractivity contribution in [3.05, 3.63) is 12.7 Å². The van der Waals surface area contributed by atoms with Crippen molar-refractivity contribution in [3.63, 3.8) is 0 Å². The van der Waals surface area contributed by atoms with E-state index in [2.05, 4.69) is 11.9 Å². The first-order valence-electron chi connectivity index (χ1n) is 3.81. The molecule has 3 heteroatoms. The van der Waals surface area contributed by atoms with Crippen LogP contribution in [0.2, 0.25) is 0 Å². The lowest BCUT2D eigenvalue weighted by Crippen LogP contribution is -2.29. The minimum Gasteiger partial charge on any atom is -0.375 e. The molecular formula is C8H13NO2. The molecule has 1 unspecified atom stereocenters. The maximum Gasteiger partial charge on any atom is 0.220 e. The predicted octanol–water partition coefficient (Wildman–Crippen LogP) is 0.468. The number of carbonyl (C=O) groups excluding carboxylic acids is 1. The second kappa shape index (κ2) is 4.13. The summed E-state index contributed by atoms with van der Waals surface area (Å²) in [7, 11) is 0. The lowest BCUT2D eigenvalue weighted by atomic mass is 10.2. The Labute approximate surface area is 66.4 Å². The van der Waals surface area contributed by atoms with Crippen LogP contribution in [0.3, 0.4) is 0 Å². The SMILES string of the molecule is C=CCOCC1CCC(=O)N1. The molecule has 0 aromatic heterocycles. The maximum absolute atomic E-state index is 10.7. The van der Waals surface area contributed by atoms with Crippen molar-refractivity contribution in [3.8, 4) is 0 Å². The number of hydrogen-bond acceptors (Lipinski definition) is 2. The summed E-state index contributed by atoms with van der Waals surface area (Å²) in [6.45, 7) is 4.70. The number of amides is 1. The first-order valence-corrected chi connectivity index (χ1v) is 3.81. The Morgan fingerprint density at radius 3 is 3.18 bits per heavy atom. The molecule has 1 amide bonds. The van der Waals surface area contributed by atoms with Crippen LogP contribution < -0.4 is 5.32 Å². The van der Waals surface area contributed by atoms with E-state index in [1.807, 2.05) is 0 Å². The fourth-order valence-electron chi connectivity index (χ4n) is 1.10. The van der Waals surface area contributed by atoms with Gasteiger partial charge in [0.05, 0.1) is 19.3 Å². The lowest BCUT2D eigenvalue weighted by molar-refractivity contribution is -0.119. The average Bonchev–Trinajstić information content (AvgIpc) is 2.37. The molecule has 1 atom stereocenters. The molecule has 1 N–H and O–H groups in total. The molecule has 1 heterocycles. The van der Waals surface area contributed by atoms with Gasteiger partial charge in [-0.15, -0.1) is 6.58 Å². The largest absolute Gasteiger partial charge is 0.375 e. The van der Waals surface area contributed by atoms with E-state index in [1.165, 1.54) is 0 Å². The van der Waals surface area contributed by atoms with Crippen molar-refractivity contribution in [1.82, 2.24) is 5.32 Å². The Morgan fingerprint density at radius 2 is 2.64 bits per heavy atom. The smallest absolute Gasteiger partial charge is 0.220 e. The van der Waals surface area contributed by atoms with Crippen molar-refractivity contribution in [1.29, 1.82) is 0 Å². The highest BCUT2D eigenvalue weighted by atomic mass is 16.5. The van der Waals surface area contributed by atoms with Crippen LogP contribution in [0.15, 0.2) is 12.7 Å². The summed E-state index contributed by atoms with van der Waals surface area (Å²) < 4.78 is 5.18. The third-order valence-electron chi connectivity index (χ3n) is 1.64. The molecule has 0 bridgehead atoms. The lowest BCUT2D eigenvalue weighted by Gasteiger charge is -2.08. The molecule has 0 aliphatic carbocycles. The van der Waals surface area contributed by atoms with E-state index in [-0.39, 0.29) is 11.9 Å². The van der Waals surface area contributed by atoms with Crippen molar-refractivity contribution in [2.45, 2.75) is 18.9 Å². The zero-order valence-corrected chi connectivity index (χ0v) is 6.51. The molecule has 1 aliphatic heterocycles. The van der Waals surface area contributed by atoms with E-state index in [0.717, 1.165) is 6.42 Å². The molecule has 0 aromatic carbocycles. The van der Waals surface area contributed by atoms with Crippen LogP contribution in [0.4, 0.5) is 0 Å². The van der Waals surface area contributed by atoms with Crippen LogP contribution >= 0.6 is 0 Å². The Balaban J connectivity index is 2.08. The highest BCUT2D eigenvalue weighted by Gasteiger charge is 2.19. The summed E-state index contributed by atoms with van der Waals surface area (Å²) in [4.78, 5) is 10.7. The molecular weight excluding hydrogens is 142 g/mol. The highest BCUT2D eigenvalue weighted by molar-refractivity contribution is 5.78. The topological polar surface area (TPSA) is 38.3 Å². The minimum atomic E-state index is 0.136. The molecule has 11 heavy (non-hydrogen) atoms. The second-order valence-electron chi connectivity index (χ2n) is 2.63. The molecule has 1 saturated heterocycles. The number of hydrogen-bond donors (Lipinski definition) is 1. The Hall–Kier alpha value is -0.830. The van der Waals surface area contributed by atoms with Crippen LogP contribution in [0.25, 0.3) is 0 Å². The van der Waals surface area contributed by atoms with Gasteiger partial charge in [-0.1, -0.05) is 6.08 Å². The highest BCUT2D eigenvalue weighted by Crippen LogP contribution is 2.06. The number of rotatable bonds is 4. The third-order valence-corrected chi connectivity index (χ3v) is 1.64. The first-order chi connectivity index (χ1) is 5.33. The zero-order valence-electron chi connectivity index (χ0n) is 6.51. The summed E-state index contributed by atoms with van der Waals surface area (Å²) in [6, 6.07) is 0.224. The summed E-state index contributed by atoms with van der Waals surface area (Å²) >= 11 is 0. The van der Waals surface area contributed by atoms with E-state index < -0.39 is 0 Å². The van der Waals surface area contributed by atoms with Gasteiger partial charge >= 0.3 is 0 Å². The molecule has 0 aromatic rings. The normalized spacial score (nSPS) is 23.3. The van der Waals surface area contributed by atoms with E-state index in [0.29, 0.717) is 19.6 Å². The van der Waals surface area contributed by atoms with Gasteiger partial charge in [-0.25, -0.2) is 0 Å². The van der Waals surface area contributed by atoms with Gasteiger partial charge in [0.1, 0.15) is 0 Å². The van der Waals surface area contributed by atoms with Crippen LogP contribution in [0.1, 0.15) is 12.8 Å². The first kappa shape index (κ1) is 8.27. The summed E-state index contributed by atoms with van der Waals surface area (Å²) in [5, 5.41) is 2.81. The number of nitrogens with one attached hydrogen (secondary N) is 1. The summed E-state index contributed by atoms with van der Waals surface area (Å²) in [6.07, 6.45) is 3.24. The monoisotopic (exact) mass is 155 g/mol. The van der Waals surface area contributed by atoms with E-state index in [9.17, 15) is 4.79 Å². The fraction of sp³-hybridized carbons (Fsp3) is 0.625. The zero-order chi connectivity index (χ0) is 8.10. The van der Waals surface area contributed by atoms with Crippen molar-refractivity contribution in [2.75, 3.05) is 13.2 Å². The quantitative estimate of drug-likeness (QED) is 0.473. The van der Waals surface area contributed by atoms with Crippen LogP contribution in [-0.2, 0) is 9.53 Å². The minimum absolute atomic E-state index is 0.136. The Morgan fingerprint density at radius 1 is 1.82 bits per heavy atom. The molecule has 0 saturated carbocycles. The Kier molecular flexibility index (Phi) is 3.11. The van der Waals surface area contributed by atoms with Gasteiger partial charge in [-0.05, 0) is 6.42 Å². The second-order valence-corrected chi connectivity index (χ2v) is 2.63. The van der Waals surface area contributed by atoms with Crippen molar-refractivity contribution >= 4 is 5.91 Å². The van der Waals surface area contributed by atoms with Gasteiger partial charge in [0.2, 0.25) is 5.91 Å². The Bertz CT molecular complexity index is 156. The molecule has 1 rings (SSSR count). The number of ether oxygens (including phenoxy) is 1. The molecule has 62 valence electrons. The van der Waals surface area contributed by atoms with Crippen LogP contribution in [0, 0.1) is 0 Å². The van der Waals surface area contributed by atoms with Gasteiger partial charge in [0, 0.05) is 6.42 Å². The molecule has 3 nitrogen and oxygen atoms in total. The van der Waals surface area contributed by atoms with Gasteiger partial charge < -0.3 is 10.1 Å². The summed E-state index contributed by atoms with van der Waals surface area (Å²) in [5.41, 5.74) is 0. The molecule has 1 aliphatic rings. The van der Waals surface area contributed by atoms with Crippen LogP contribution in [0.5, 0.6) is 0 Å². The molecule has 0 spiro atoms. The molecule has 0 radical (unpaired) electrons. The standard InChI is InChI=1S/C8H13NO2/c1-2-5-11-6-7-3-4-8(10)9-7/h2,7H,1,3-6H2,(H,9,10). The van der Waals surface area contributed by atoms with E-state index in [4.69, 9.17) is 4.74 Å². The van der Waals surface area contributed by atoms with E-state index in [1.54, 1.807) is 6.08 Å². The van der Waals surface area contributed by atoms with Gasteiger partial charge in [0.25, 0.3) is 0 Å². The van der Waals surface area contributed by atoms with Crippen LogP contribution in [-0.4, -0.2) is 25.2 Å². The van der Waals surface area contributed by atoms with Gasteiger partial charge in [-0.3, -0.25) is 4.79 Å². The van der Waals surface area contributed by atoms with Gasteiger partial charge in [0.15, 0.2) is 0 Å². The van der Waals surface area contributed by atoms with Gasteiger partial charge in [-0.2, -0.15) is 0 Å². The van der Waals surface area contributed by atoms with Crippen molar-refractivity contribution in [2.24, 2.45) is 0 Å². The maximum atomic E-state index is 10.7. The third kappa shape index (κ3) is 2.72. The van der Waals surface area contributed by atoms with E-state index >= 15 is 0 Å². The summed E-state index contributed by atoms with van der Waals surface area (Å²) in [5.74, 6) is 0.136.